The van der Waals surface area contributed by atoms with E-state index in [4.69, 9.17) is 5.73 Å². The number of benzene rings is 1. The van der Waals surface area contributed by atoms with Gasteiger partial charge in [-0.1, -0.05) is 22.0 Å². The largest absolute Gasteiger partial charge is 0.388 e. The third-order valence-electron chi connectivity index (χ3n) is 1.76. The highest BCUT2D eigenvalue weighted by Crippen LogP contribution is 2.22. The number of nitrogens with two attached hydrogens (primary N) is 1. The molecule has 0 heterocycles. The van der Waals surface area contributed by atoms with Crippen molar-refractivity contribution in [2.24, 2.45) is 5.73 Å². The van der Waals surface area contributed by atoms with Gasteiger partial charge in [0.1, 0.15) is 5.82 Å². The molecule has 0 unspecified atom stereocenters. The van der Waals surface area contributed by atoms with Crippen LogP contribution in [0.3, 0.4) is 0 Å². The zero-order chi connectivity index (χ0) is 9.84. The fourth-order valence-electron chi connectivity index (χ4n) is 1.09. The molecule has 0 saturated heterocycles. The van der Waals surface area contributed by atoms with E-state index in [1.165, 1.54) is 6.07 Å². The molecule has 0 aliphatic carbocycles. The van der Waals surface area contributed by atoms with Crippen molar-refractivity contribution in [1.82, 2.24) is 0 Å². The van der Waals surface area contributed by atoms with Crippen LogP contribution in [0.25, 0.3) is 0 Å². The molecule has 0 aromatic heterocycles. The maximum atomic E-state index is 13.2. The van der Waals surface area contributed by atoms with Gasteiger partial charge in [0.15, 0.2) is 0 Å². The second kappa shape index (κ2) is 4.69. The Kier molecular flexibility index (Phi) is 3.84. The van der Waals surface area contributed by atoms with Gasteiger partial charge in [-0.05, 0) is 25.1 Å². The molecule has 1 rings (SSSR count). The zero-order valence-corrected chi connectivity index (χ0v) is 8.59. The summed E-state index contributed by atoms with van der Waals surface area (Å²) in [5, 5.41) is 9.46. The van der Waals surface area contributed by atoms with Crippen LogP contribution in [0.5, 0.6) is 0 Å². The minimum absolute atomic E-state index is 0.300. The first-order chi connectivity index (χ1) is 6.15. The van der Waals surface area contributed by atoms with Crippen molar-refractivity contribution < 1.29 is 9.50 Å². The standard InChI is InChI=1S/C9H11BrFNO/c10-6-1-2-7(8(11)5-6)9(13)3-4-12/h1-2,5,9,13H,3-4,12H2/t9-/m0/s1. The van der Waals surface area contributed by atoms with Crippen molar-refractivity contribution >= 4 is 15.9 Å². The molecule has 0 aliphatic rings. The van der Waals surface area contributed by atoms with Gasteiger partial charge in [0.05, 0.1) is 6.10 Å². The van der Waals surface area contributed by atoms with E-state index in [1.54, 1.807) is 12.1 Å². The van der Waals surface area contributed by atoms with E-state index in [9.17, 15) is 9.50 Å². The van der Waals surface area contributed by atoms with Crippen LogP contribution < -0.4 is 5.73 Å². The van der Waals surface area contributed by atoms with Crippen LogP contribution in [-0.4, -0.2) is 11.7 Å². The fraction of sp³-hybridized carbons (Fsp3) is 0.333. The number of halogens is 2. The molecule has 0 radical (unpaired) electrons. The van der Waals surface area contributed by atoms with Gasteiger partial charge < -0.3 is 10.8 Å². The number of rotatable bonds is 3. The molecule has 1 aromatic carbocycles. The van der Waals surface area contributed by atoms with Crippen LogP contribution in [0, 0.1) is 5.82 Å². The van der Waals surface area contributed by atoms with Crippen LogP contribution >= 0.6 is 15.9 Å². The van der Waals surface area contributed by atoms with Crippen LogP contribution in [-0.2, 0) is 0 Å². The summed E-state index contributed by atoms with van der Waals surface area (Å²) in [6, 6.07) is 4.58. The minimum Gasteiger partial charge on any atom is -0.388 e. The van der Waals surface area contributed by atoms with Gasteiger partial charge in [-0.2, -0.15) is 0 Å². The first-order valence-corrected chi connectivity index (χ1v) is 4.77. The Morgan fingerprint density at radius 3 is 2.77 bits per heavy atom. The molecule has 13 heavy (non-hydrogen) atoms. The third kappa shape index (κ3) is 2.76. The van der Waals surface area contributed by atoms with Gasteiger partial charge in [-0.3, -0.25) is 0 Å². The normalized spacial score (nSPS) is 12.9. The summed E-state index contributed by atoms with van der Waals surface area (Å²) in [6.07, 6.45) is -0.434. The molecule has 1 aromatic rings. The second-order valence-electron chi connectivity index (χ2n) is 2.76. The van der Waals surface area contributed by atoms with E-state index in [0.717, 1.165) is 0 Å². The van der Waals surface area contributed by atoms with Gasteiger partial charge in [-0.15, -0.1) is 0 Å². The molecule has 0 saturated carbocycles. The van der Waals surface area contributed by atoms with Crippen molar-refractivity contribution in [3.63, 3.8) is 0 Å². The van der Waals surface area contributed by atoms with Crippen molar-refractivity contribution in [3.8, 4) is 0 Å². The molecular weight excluding hydrogens is 237 g/mol. The summed E-state index contributed by atoms with van der Waals surface area (Å²) in [5.41, 5.74) is 5.55. The Morgan fingerprint density at radius 2 is 2.23 bits per heavy atom. The molecule has 4 heteroatoms. The molecule has 0 amide bonds. The monoisotopic (exact) mass is 247 g/mol. The first-order valence-electron chi connectivity index (χ1n) is 3.98. The Hall–Kier alpha value is -0.450. The highest BCUT2D eigenvalue weighted by atomic mass is 79.9. The molecule has 3 N–H and O–H groups in total. The molecule has 1 atom stereocenters. The highest BCUT2D eigenvalue weighted by Gasteiger charge is 2.11. The lowest BCUT2D eigenvalue weighted by atomic mass is 10.1. The highest BCUT2D eigenvalue weighted by molar-refractivity contribution is 9.10. The SMILES string of the molecule is NCC[C@H](O)c1ccc(Br)cc1F. The zero-order valence-electron chi connectivity index (χ0n) is 7.00. The van der Waals surface area contributed by atoms with Crippen LogP contribution in [0.1, 0.15) is 18.1 Å². The van der Waals surface area contributed by atoms with E-state index in [2.05, 4.69) is 15.9 Å². The maximum Gasteiger partial charge on any atom is 0.130 e. The van der Waals surface area contributed by atoms with Crippen molar-refractivity contribution in [2.45, 2.75) is 12.5 Å². The molecule has 0 fully saturated rings. The van der Waals surface area contributed by atoms with Crippen LogP contribution in [0.15, 0.2) is 22.7 Å². The van der Waals surface area contributed by atoms with Crippen LogP contribution in [0.4, 0.5) is 4.39 Å². The topological polar surface area (TPSA) is 46.2 Å². The van der Waals surface area contributed by atoms with Gasteiger partial charge in [0.25, 0.3) is 0 Å². The summed E-state index contributed by atoms with van der Waals surface area (Å²) in [5.74, 6) is -0.407. The lowest BCUT2D eigenvalue weighted by Crippen LogP contribution is -2.08. The van der Waals surface area contributed by atoms with E-state index in [-0.39, 0.29) is 0 Å². The number of hydrogen-bond acceptors (Lipinski definition) is 2. The van der Waals surface area contributed by atoms with E-state index in [1.807, 2.05) is 0 Å². The van der Waals surface area contributed by atoms with Gasteiger partial charge >= 0.3 is 0 Å². The quantitative estimate of drug-likeness (QED) is 0.858. The predicted molar refractivity (Wildman–Crippen MR) is 52.7 cm³/mol. The molecule has 0 bridgehead atoms. The summed E-state index contributed by atoms with van der Waals surface area (Å²) >= 11 is 3.14. The smallest absolute Gasteiger partial charge is 0.130 e. The van der Waals surface area contributed by atoms with Crippen molar-refractivity contribution in [3.05, 3.63) is 34.1 Å². The van der Waals surface area contributed by atoms with E-state index in [0.29, 0.717) is 23.0 Å². The summed E-state index contributed by atoms with van der Waals surface area (Å²) in [4.78, 5) is 0. The number of aliphatic hydroxyl groups excluding tert-OH is 1. The molecule has 72 valence electrons. The lowest BCUT2D eigenvalue weighted by molar-refractivity contribution is 0.165. The minimum atomic E-state index is -0.807. The number of hydrogen-bond donors (Lipinski definition) is 2. The summed E-state index contributed by atoms with van der Waals surface area (Å²) < 4.78 is 13.9. The average molecular weight is 248 g/mol. The Balaban J connectivity index is 2.88. The Morgan fingerprint density at radius 1 is 1.54 bits per heavy atom. The molecule has 0 aliphatic heterocycles. The third-order valence-corrected chi connectivity index (χ3v) is 2.25. The second-order valence-corrected chi connectivity index (χ2v) is 3.67. The first kappa shape index (κ1) is 10.6. The van der Waals surface area contributed by atoms with Crippen molar-refractivity contribution in [1.29, 1.82) is 0 Å². The Bertz CT molecular complexity index is 293. The van der Waals surface area contributed by atoms with Gasteiger partial charge in [-0.25, -0.2) is 4.39 Å². The van der Waals surface area contributed by atoms with Crippen molar-refractivity contribution in [2.75, 3.05) is 6.54 Å². The van der Waals surface area contributed by atoms with Gasteiger partial charge in [0, 0.05) is 10.0 Å². The predicted octanol–water partition coefficient (Wildman–Crippen LogP) is 1.97. The molecule has 0 spiro atoms. The summed E-state index contributed by atoms with van der Waals surface area (Å²) in [7, 11) is 0. The average Bonchev–Trinajstić information content (AvgIpc) is 2.04. The molecule has 2 nitrogen and oxygen atoms in total. The van der Waals surface area contributed by atoms with E-state index < -0.39 is 11.9 Å². The van der Waals surface area contributed by atoms with Crippen LogP contribution in [0.2, 0.25) is 0 Å². The molecular formula is C9H11BrFNO. The fourth-order valence-corrected chi connectivity index (χ4v) is 1.42. The van der Waals surface area contributed by atoms with E-state index >= 15 is 0 Å². The summed E-state index contributed by atoms with van der Waals surface area (Å²) in [6.45, 7) is 0.344. The van der Waals surface area contributed by atoms with Gasteiger partial charge in [0.2, 0.25) is 0 Å². The number of aliphatic hydroxyl groups is 1. The maximum absolute atomic E-state index is 13.2. The Labute approximate surface area is 84.7 Å². The lowest BCUT2D eigenvalue weighted by Gasteiger charge is -2.10.